The summed E-state index contributed by atoms with van der Waals surface area (Å²) >= 11 is 0. The van der Waals surface area contributed by atoms with Crippen molar-refractivity contribution in [1.82, 2.24) is 15.6 Å². The molecule has 2 heterocycles. The van der Waals surface area contributed by atoms with Gasteiger partial charge in [-0.2, -0.15) is 10.2 Å². The Labute approximate surface area is 125 Å². The molecular formula is C15H12N4O3. The number of phenols is 1. The molecule has 0 aliphatic heterocycles. The van der Waals surface area contributed by atoms with Crippen LogP contribution in [-0.4, -0.2) is 27.4 Å². The van der Waals surface area contributed by atoms with Gasteiger partial charge in [-0.15, -0.1) is 0 Å². The number of H-pyrrole nitrogens is 1. The minimum atomic E-state index is -0.441. The van der Waals surface area contributed by atoms with Gasteiger partial charge in [0, 0.05) is 6.07 Å². The molecule has 3 N–H and O–H groups in total. The number of hydrogen-bond acceptors (Lipinski definition) is 5. The number of nitrogens with one attached hydrogen (secondary N) is 2. The second kappa shape index (κ2) is 5.96. The quantitative estimate of drug-likeness (QED) is 0.507. The number of carbonyl (C=O) groups is 1. The van der Waals surface area contributed by atoms with E-state index in [1.54, 1.807) is 30.3 Å². The van der Waals surface area contributed by atoms with Crippen molar-refractivity contribution in [2.24, 2.45) is 5.10 Å². The molecule has 1 aromatic carbocycles. The molecule has 2 aromatic heterocycles. The number of aromatic hydroxyl groups is 1. The zero-order valence-corrected chi connectivity index (χ0v) is 11.4. The molecule has 3 aromatic rings. The van der Waals surface area contributed by atoms with Crippen LogP contribution in [0.15, 0.2) is 58.2 Å². The van der Waals surface area contributed by atoms with Gasteiger partial charge < -0.3 is 9.52 Å². The van der Waals surface area contributed by atoms with Crippen molar-refractivity contribution in [2.75, 3.05) is 0 Å². The van der Waals surface area contributed by atoms with E-state index in [0.717, 1.165) is 5.56 Å². The summed E-state index contributed by atoms with van der Waals surface area (Å²) < 4.78 is 5.21. The van der Waals surface area contributed by atoms with Gasteiger partial charge in [0.05, 0.1) is 12.5 Å². The van der Waals surface area contributed by atoms with E-state index in [2.05, 4.69) is 20.7 Å². The summed E-state index contributed by atoms with van der Waals surface area (Å²) in [7, 11) is 0. The first-order valence-electron chi connectivity index (χ1n) is 6.44. The first kappa shape index (κ1) is 13.6. The third-order valence-electron chi connectivity index (χ3n) is 2.87. The number of aromatic nitrogens is 2. The lowest BCUT2D eigenvalue weighted by atomic mass is 10.2. The van der Waals surface area contributed by atoms with Gasteiger partial charge in [0.15, 0.2) is 11.5 Å². The van der Waals surface area contributed by atoms with Gasteiger partial charge in [-0.1, -0.05) is 0 Å². The van der Waals surface area contributed by atoms with Gasteiger partial charge in [-0.05, 0) is 42.0 Å². The number of nitrogens with zero attached hydrogens (tertiary/aromatic N) is 2. The third kappa shape index (κ3) is 3.04. The maximum absolute atomic E-state index is 11.9. The first-order valence-corrected chi connectivity index (χ1v) is 6.44. The van der Waals surface area contributed by atoms with Crippen LogP contribution >= 0.6 is 0 Å². The van der Waals surface area contributed by atoms with E-state index in [1.807, 2.05) is 0 Å². The fourth-order valence-electron chi connectivity index (χ4n) is 1.78. The number of hydrogen-bond donors (Lipinski definition) is 3. The maximum atomic E-state index is 11.9. The van der Waals surface area contributed by atoms with Crippen molar-refractivity contribution in [1.29, 1.82) is 0 Å². The molecule has 3 rings (SSSR count). The van der Waals surface area contributed by atoms with Crippen LogP contribution in [0.5, 0.6) is 5.75 Å². The Hall–Kier alpha value is -3.35. The molecule has 0 radical (unpaired) electrons. The average Bonchev–Trinajstić information content (AvgIpc) is 3.20. The van der Waals surface area contributed by atoms with Crippen LogP contribution in [0.25, 0.3) is 11.5 Å². The average molecular weight is 296 g/mol. The van der Waals surface area contributed by atoms with Crippen molar-refractivity contribution >= 4 is 12.1 Å². The zero-order valence-electron chi connectivity index (χ0n) is 11.4. The molecule has 1 amide bonds. The molecule has 0 saturated carbocycles. The van der Waals surface area contributed by atoms with Crippen LogP contribution < -0.4 is 5.43 Å². The molecule has 0 unspecified atom stereocenters. The molecule has 0 fully saturated rings. The van der Waals surface area contributed by atoms with Crippen molar-refractivity contribution in [3.05, 3.63) is 60.0 Å². The predicted octanol–water partition coefficient (Wildman–Crippen LogP) is 2.14. The highest BCUT2D eigenvalue weighted by atomic mass is 16.3. The largest absolute Gasteiger partial charge is 0.508 e. The lowest BCUT2D eigenvalue weighted by Crippen LogP contribution is -2.17. The highest BCUT2D eigenvalue weighted by Gasteiger charge is 2.11. The second-order valence-electron chi connectivity index (χ2n) is 4.43. The van der Waals surface area contributed by atoms with Crippen molar-refractivity contribution in [2.45, 2.75) is 0 Å². The van der Waals surface area contributed by atoms with Crippen molar-refractivity contribution in [3.8, 4) is 17.2 Å². The zero-order chi connectivity index (χ0) is 15.4. The number of rotatable bonds is 4. The third-order valence-corrected chi connectivity index (χ3v) is 2.87. The van der Waals surface area contributed by atoms with E-state index >= 15 is 0 Å². The Kier molecular flexibility index (Phi) is 3.69. The Morgan fingerprint density at radius 3 is 2.86 bits per heavy atom. The molecule has 0 saturated heterocycles. The molecule has 0 aliphatic carbocycles. The van der Waals surface area contributed by atoms with Crippen LogP contribution in [0.1, 0.15) is 16.1 Å². The number of amides is 1. The van der Waals surface area contributed by atoms with E-state index < -0.39 is 5.91 Å². The topological polar surface area (TPSA) is 104 Å². The van der Waals surface area contributed by atoms with Crippen molar-refractivity contribution in [3.63, 3.8) is 0 Å². The summed E-state index contributed by atoms with van der Waals surface area (Å²) in [6, 6.07) is 11.5. The SMILES string of the molecule is O=C(N/N=C\c1ccc(O)cc1)c1cc(-c2ccco2)[nH]n1. The highest BCUT2D eigenvalue weighted by molar-refractivity contribution is 5.93. The number of phenolic OH excluding ortho intramolecular Hbond substituents is 1. The number of furan rings is 1. The van der Waals surface area contributed by atoms with Gasteiger partial charge >= 0.3 is 0 Å². The summed E-state index contributed by atoms with van der Waals surface area (Å²) in [6.07, 6.45) is 3.01. The molecule has 0 spiro atoms. The molecule has 22 heavy (non-hydrogen) atoms. The van der Waals surface area contributed by atoms with Crippen molar-refractivity contribution < 1.29 is 14.3 Å². The van der Waals surface area contributed by atoms with E-state index in [1.165, 1.54) is 24.6 Å². The van der Waals surface area contributed by atoms with E-state index in [-0.39, 0.29) is 11.4 Å². The molecule has 0 bridgehead atoms. The van der Waals surface area contributed by atoms with E-state index in [9.17, 15) is 4.79 Å². The lowest BCUT2D eigenvalue weighted by molar-refractivity contribution is 0.0950. The fraction of sp³-hybridized carbons (Fsp3) is 0. The molecule has 110 valence electrons. The molecule has 0 aliphatic rings. The summed E-state index contributed by atoms with van der Waals surface area (Å²) in [5.74, 6) is 0.325. The fourth-order valence-corrected chi connectivity index (χ4v) is 1.78. The van der Waals surface area contributed by atoms with Gasteiger partial charge in [-0.25, -0.2) is 5.43 Å². The summed E-state index contributed by atoms with van der Waals surface area (Å²) in [5.41, 5.74) is 3.93. The van der Waals surface area contributed by atoms with Crippen LogP contribution in [0.2, 0.25) is 0 Å². The van der Waals surface area contributed by atoms with E-state index in [0.29, 0.717) is 11.5 Å². The number of carbonyl (C=O) groups excluding carboxylic acids is 1. The Morgan fingerprint density at radius 1 is 1.32 bits per heavy atom. The summed E-state index contributed by atoms with van der Waals surface area (Å²) in [5, 5.41) is 19.6. The van der Waals surface area contributed by atoms with Crippen LogP contribution in [0.4, 0.5) is 0 Å². The number of aromatic amines is 1. The van der Waals surface area contributed by atoms with Gasteiger partial charge in [0.25, 0.3) is 5.91 Å². The normalized spacial score (nSPS) is 10.9. The summed E-state index contributed by atoms with van der Waals surface area (Å²) in [4.78, 5) is 11.9. The van der Waals surface area contributed by atoms with Gasteiger partial charge in [0.1, 0.15) is 11.4 Å². The number of benzene rings is 1. The standard InChI is InChI=1S/C15H12N4O3/c20-11-5-3-10(4-6-11)9-16-19-15(21)13-8-12(17-18-13)14-2-1-7-22-14/h1-9,20H,(H,17,18)(H,19,21)/b16-9-. The Bertz CT molecular complexity index is 789. The van der Waals surface area contributed by atoms with Crippen LogP contribution in [-0.2, 0) is 0 Å². The Balaban J connectivity index is 1.63. The van der Waals surface area contributed by atoms with Gasteiger partial charge in [0.2, 0.25) is 0 Å². The van der Waals surface area contributed by atoms with Gasteiger partial charge in [-0.3, -0.25) is 9.89 Å². The van der Waals surface area contributed by atoms with E-state index in [4.69, 9.17) is 9.52 Å². The smallest absolute Gasteiger partial charge is 0.291 e. The summed E-state index contributed by atoms with van der Waals surface area (Å²) in [6.45, 7) is 0. The maximum Gasteiger partial charge on any atom is 0.291 e. The van der Waals surface area contributed by atoms with Crippen LogP contribution in [0, 0.1) is 0 Å². The minimum Gasteiger partial charge on any atom is -0.508 e. The second-order valence-corrected chi connectivity index (χ2v) is 4.43. The monoisotopic (exact) mass is 296 g/mol. The number of hydrazone groups is 1. The minimum absolute atomic E-state index is 0.170. The first-order chi connectivity index (χ1) is 10.7. The predicted molar refractivity (Wildman–Crippen MR) is 79.5 cm³/mol. The van der Waals surface area contributed by atoms with Crippen LogP contribution in [0.3, 0.4) is 0 Å². The highest BCUT2D eigenvalue weighted by Crippen LogP contribution is 2.17. The molecular weight excluding hydrogens is 284 g/mol. The lowest BCUT2D eigenvalue weighted by Gasteiger charge is -1.95. The molecule has 0 atom stereocenters. The molecule has 7 nitrogen and oxygen atoms in total. The molecule has 7 heteroatoms. The Morgan fingerprint density at radius 2 is 2.14 bits per heavy atom.